The molecule has 0 bridgehead atoms. The van der Waals surface area contributed by atoms with E-state index in [4.69, 9.17) is 0 Å². The molecule has 2 heteroatoms. The van der Waals surface area contributed by atoms with E-state index in [0.717, 1.165) is 13.4 Å². The molecule has 78 valence electrons. The highest BCUT2D eigenvalue weighted by molar-refractivity contribution is 7.22. The van der Waals surface area contributed by atoms with Gasteiger partial charge in [-0.05, 0) is 0 Å². The molecule has 2 rings (SSSR count). The second-order valence-corrected chi connectivity index (χ2v) is 8.16. The lowest BCUT2D eigenvalue weighted by atomic mass is 9.14. The Morgan fingerprint density at radius 1 is 0.643 bits per heavy atom. The van der Waals surface area contributed by atoms with Gasteiger partial charge in [-0.3, -0.25) is 0 Å². The third kappa shape index (κ3) is 0.888. The Morgan fingerprint density at radius 3 is 1.00 bits per heavy atom. The predicted octanol–water partition coefficient (Wildman–Crippen LogP) is 4.20. The van der Waals surface area contributed by atoms with Gasteiger partial charge in [0.05, 0.1) is 0 Å². The third-order valence-electron chi connectivity index (χ3n) is 5.12. The van der Waals surface area contributed by atoms with E-state index in [-0.39, 0.29) is 0 Å². The van der Waals surface area contributed by atoms with Gasteiger partial charge in [0.2, 0.25) is 0 Å². The largest absolute Gasteiger partial charge is 0.141 e. The molecular formula is C12H24B2. The minimum Gasteiger partial charge on any atom is -0.0806 e. The average molecular weight is 190 g/mol. The summed E-state index contributed by atoms with van der Waals surface area (Å²) in [6, 6.07) is 0. The lowest BCUT2D eigenvalue weighted by Crippen LogP contribution is -2.36. The second-order valence-electron chi connectivity index (χ2n) is 8.16. The molecule has 0 aromatic carbocycles. The fraction of sp³-hybridized carbons (Fsp3) is 1.00. The van der Waals surface area contributed by atoms with Crippen LogP contribution >= 0.6 is 0 Å². The van der Waals surface area contributed by atoms with E-state index in [1.165, 1.54) is 0 Å². The first kappa shape index (κ1) is 10.6. The minimum absolute atomic E-state index is 0.505. The smallest absolute Gasteiger partial charge is 0.0806 e. The fourth-order valence-electron chi connectivity index (χ4n) is 5.55. The van der Waals surface area contributed by atoms with E-state index in [1.807, 2.05) is 0 Å². The molecule has 2 aliphatic heterocycles. The molecule has 0 amide bonds. The van der Waals surface area contributed by atoms with Gasteiger partial charge in [0.1, 0.15) is 13.4 Å². The van der Waals surface area contributed by atoms with Gasteiger partial charge < -0.3 is 0 Å². The quantitative estimate of drug-likeness (QED) is 0.502. The van der Waals surface area contributed by atoms with Gasteiger partial charge in [-0.2, -0.15) is 0 Å². The Balaban J connectivity index is 2.19. The van der Waals surface area contributed by atoms with Crippen LogP contribution in [-0.4, -0.2) is 13.4 Å². The van der Waals surface area contributed by atoms with Crippen LogP contribution in [-0.2, 0) is 0 Å². The lowest BCUT2D eigenvalue weighted by Gasteiger charge is -2.33. The molecule has 0 aliphatic carbocycles. The number of fused-ring (bicyclic) bond motifs is 1. The number of hydrogen-bond acceptors (Lipinski definition) is 0. The van der Waals surface area contributed by atoms with E-state index in [9.17, 15) is 0 Å². The maximum Gasteiger partial charge on any atom is 0.141 e. The van der Waals surface area contributed by atoms with Crippen molar-refractivity contribution in [3.8, 4) is 0 Å². The fourth-order valence-corrected chi connectivity index (χ4v) is 5.55. The molecule has 2 fully saturated rings. The van der Waals surface area contributed by atoms with Crippen LogP contribution in [0.5, 0.6) is 0 Å². The van der Waals surface area contributed by atoms with Crippen LogP contribution < -0.4 is 0 Å². The Hall–Kier alpha value is 0.130. The van der Waals surface area contributed by atoms with Crippen LogP contribution in [0.15, 0.2) is 0 Å². The average Bonchev–Trinajstić information content (AvgIpc) is 2.39. The lowest BCUT2D eigenvalue weighted by molar-refractivity contribution is 0.719. The Labute approximate surface area is 90.4 Å². The SMILES string of the molecule is CC(C)(C)B1C2(C)B(C(C)(C)C)C12C. The molecular weight excluding hydrogens is 166 g/mol. The molecule has 14 heavy (non-hydrogen) atoms. The van der Waals surface area contributed by atoms with Gasteiger partial charge in [-0.15, -0.1) is 0 Å². The van der Waals surface area contributed by atoms with Gasteiger partial charge in [0.15, 0.2) is 0 Å². The molecule has 0 radical (unpaired) electrons. The van der Waals surface area contributed by atoms with Gasteiger partial charge in [0.25, 0.3) is 0 Å². The molecule has 0 aromatic heterocycles. The van der Waals surface area contributed by atoms with Crippen LogP contribution in [0.25, 0.3) is 0 Å². The zero-order valence-corrected chi connectivity index (χ0v) is 11.2. The van der Waals surface area contributed by atoms with E-state index >= 15 is 0 Å². The van der Waals surface area contributed by atoms with Crippen molar-refractivity contribution in [2.75, 3.05) is 0 Å². The summed E-state index contributed by atoms with van der Waals surface area (Å²) in [4.78, 5) is 0. The second kappa shape index (κ2) is 2.13. The van der Waals surface area contributed by atoms with Gasteiger partial charge in [-0.25, -0.2) is 0 Å². The van der Waals surface area contributed by atoms with Crippen LogP contribution in [0.1, 0.15) is 55.4 Å². The topological polar surface area (TPSA) is 0 Å². The summed E-state index contributed by atoms with van der Waals surface area (Å²) in [5, 5.41) is 2.32. The molecule has 0 nitrogen and oxygen atoms in total. The Bertz CT molecular complexity index is 242. The summed E-state index contributed by atoms with van der Waals surface area (Å²) < 4.78 is 0. The van der Waals surface area contributed by atoms with Crippen LogP contribution in [0.3, 0.4) is 0 Å². The number of rotatable bonds is 0. The van der Waals surface area contributed by atoms with Crippen LogP contribution in [0, 0.1) is 0 Å². The van der Waals surface area contributed by atoms with Crippen molar-refractivity contribution in [1.29, 1.82) is 0 Å². The molecule has 2 saturated heterocycles. The first-order valence-corrected chi connectivity index (χ1v) is 5.98. The maximum atomic E-state index is 2.51. The summed E-state index contributed by atoms with van der Waals surface area (Å²) in [6.07, 6.45) is 0. The summed E-state index contributed by atoms with van der Waals surface area (Å²) in [7, 11) is 0. The zero-order chi connectivity index (χ0) is 11.2. The molecule has 0 saturated carbocycles. The van der Waals surface area contributed by atoms with E-state index in [1.54, 1.807) is 0 Å². The highest BCUT2D eigenvalue weighted by Gasteiger charge is 2.97. The summed E-state index contributed by atoms with van der Waals surface area (Å²) in [5.74, 6) is 0. The highest BCUT2D eigenvalue weighted by Crippen LogP contribution is 3.00. The first-order chi connectivity index (χ1) is 5.98. The van der Waals surface area contributed by atoms with Crippen molar-refractivity contribution in [3.63, 3.8) is 0 Å². The van der Waals surface area contributed by atoms with E-state index < -0.39 is 0 Å². The molecule has 2 aliphatic rings. The third-order valence-corrected chi connectivity index (χ3v) is 5.12. The number of hydrogen-bond donors (Lipinski definition) is 0. The van der Waals surface area contributed by atoms with Crippen LogP contribution in [0.4, 0.5) is 0 Å². The first-order valence-electron chi connectivity index (χ1n) is 5.98. The zero-order valence-electron chi connectivity index (χ0n) is 11.2. The van der Waals surface area contributed by atoms with Crippen LogP contribution in [0.2, 0.25) is 21.1 Å². The minimum atomic E-state index is 0.505. The molecule has 0 spiro atoms. The van der Waals surface area contributed by atoms with Gasteiger partial charge in [-0.1, -0.05) is 76.4 Å². The van der Waals surface area contributed by atoms with Crippen molar-refractivity contribution >= 4 is 13.4 Å². The van der Waals surface area contributed by atoms with Gasteiger partial charge in [0, 0.05) is 0 Å². The Morgan fingerprint density at radius 2 is 0.857 bits per heavy atom. The summed E-state index contributed by atoms with van der Waals surface area (Å²) in [5.41, 5.74) is 0. The van der Waals surface area contributed by atoms with Crippen molar-refractivity contribution in [2.45, 2.75) is 76.4 Å². The van der Waals surface area contributed by atoms with Crippen molar-refractivity contribution < 1.29 is 0 Å². The molecule has 0 aromatic rings. The highest BCUT2D eigenvalue weighted by atomic mass is 14.7. The normalized spacial score (nSPS) is 41.1. The van der Waals surface area contributed by atoms with Crippen molar-refractivity contribution in [1.82, 2.24) is 0 Å². The molecule has 0 unspecified atom stereocenters. The monoisotopic (exact) mass is 190 g/mol. The van der Waals surface area contributed by atoms with E-state index in [2.05, 4.69) is 55.4 Å². The van der Waals surface area contributed by atoms with Crippen molar-refractivity contribution in [3.05, 3.63) is 0 Å². The molecule has 2 heterocycles. The molecule has 0 N–H and O–H groups in total. The predicted molar refractivity (Wildman–Crippen MR) is 67.7 cm³/mol. The summed E-state index contributed by atoms with van der Waals surface area (Å²) in [6.45, 7) is 21.3. The van der Waals surface area contributed by atoms with E-state index in [0.29, 0.717) is 21.1 Å². The summed E-state index contributed by atoms with van der Waals surface area (Å²) >= 11 is 0. The Kier molecular flexibility index (Phi) is 1.62. The molecule has 0 atom stereocenters. The maximum absolute atomic E-state index is 2.51. The standard InChI is InChI=1S/C12H24B2/c1-9(2,3)13-11(7)12(13,8)14(11)10(4,5)6/h1-8H3. The van der Waals surface area contributed by atoms with Crippen molar-refractivity contribution in [2.24, 2.45) is 0 Å². The van der Waals surface area contributed by atoms with Gasteiger partial charge >= 0.3 is 0 Å².